The highest BCUT2D eigenvalue weighted by Gasteiger charge is 2.41. The van der Waals surface area contributed by atoms with E-state index in [2.05, 4.69) is 5.32 Å². The molecule has 2 rings (SSSR count). The molecule has 0 unspecified atom stereocenters. The van der Waals surface area contributed by atoms with Gasteiger partial charge in [-0.15, -0.1) is 0 Å². The number of hydrogen-bond donors (Lipinski definition) is 2. The van der Waals surface area contributed by atoms with E-state index in [-0.39, 0.29) is 36.5 Å². The Kier molecular flexibility index (Phi) is 6.38. The molecule has 2 N–H and O–H groups in total. The summed E-state index contributed by atoms with van der Waals surface area (Å²) in [7, 11) is -3.70. The smallest absolute Gasteiger partial charge is 0.329 e. The number of nitrogens with zero attached hydrogens (tertiary/aromatic N) is 1. The number of nitrogens with one attached hydrogen (secondary N) is 1. The number of carboxylic acid groups (broad SMARTS) is 1. The summed E-state index contributed by atoms with van der Waals surface area (Å²) in [6, 6.07) is 5.64. The third-order valence-electron chi connectivity index (χ3n) is 4.55. The van der Waals surface area contributed by atoms with E-state index in [0.29, 0.717) is 13.1 Å². The average Bonchev–Trinajstić information content (AvgIpc) is 2.63. The largest absolute Gasteiger partial charge is 0.480 e. The van der Waals surface area contributed by atoms with E-state index in [1.54, 1.807) is 13.8 Å². The summed E-state index contributed by atoms with van der Waals surface area (Å²) < 4.78 is 31.7. The molecule has 1 heterocycles. The summed E-state index contributed by atoms with van der Waals surface area (Å²) in [6.45, 7) is 4.58. The molecule has 0 aliphatic carbocycles. The number of benzene rings is 1. The first-order valence-electron chi connectivity index (χ1n) is 8.50. The Labute approximate surface area is 153 Å². The second-order valence-corrected chi connectivity index (χ2v) is 8.01. The normalized spacial score (nSPS) is 17.0. The number of carbonyl (C=O) groups excluding carboxylic acids is 1. The van der Waals surface area contributed by atoms with Crippen LogP contribution in [0.1, 0.15) is 37.0 Å². The van der Waals surface area contributed by atoms with Crippen LogP contribution in [0.5, 0.6) is 0 Å². The van der Waals surface area contributed by atoms with Crippen LogP contribution in [0.3, 0.4) is 0 Å². The van der Waals surface area contributed by atoms with E-state index in [4.69, 9.17) is 4.74 Å². The van der Waals surface area contributed by atoms with Gasteiger partial charge in [0.2, 0.25) is 10.0 Å². The Bertz CT molecular complexity index is 767. The summed E-state index contributed by atoms with van der Waals surface area (Å²) in [5.41, 5.74) is -1.30. The van der Waals surface area contributed by atoms with E-state index >= 15 is 0 Å². The maximum atomic E-state index is 12.6. The van der Waals surface area contributed by atoms with Crippen LogP contribution < -0.4 is 5.32 Å². The quantitative estimate of drug-likeness (QED) is 0.727. The SMILES string of the molecule is CCN(CC)S(=O)(=O)c1cccc(C(=O)NC2(C(=O)O)CCOCC2)c1. The van der Waals surface area contributed by atoms with Crippen molar-refractivity contribution in [3.63, 3.8) is 0 Å². The van der Waals surface area contributed by atoms with E-state index in [0.717, 1.165) is 0 Å². The van der Waals surface area contributed by atoms with E-state index in [1.165, 1.54) is 28.6 Å². The number of sulfonamides is 1. The molecular weight excluding hydrogens is 360 g/mol. The van der Waals surface area contributed by atoms with Crippen LogP contribution in [-0.4, -0.2) is 61.5 Å². The van der Waals surface area contributed by atoms with Crippen molar-refractivity contribution in [1.29, 1.82) is 0 Å². The van der Waals surface area contributed by atoms with Crippen LogP contribution in [0.25, 0.3) is 0 Å². The topological polar surface area (TPSA) is 113 Å². The standard InChI is InChI=1S/C17H24N2O6S/c1-3-19(4-2)26(23,24)14-7-5-6-13(12-14)15(20)18-17(16(21)22)8-10-25-11-9-17/h5-7,12H,3-4,8-11H2,1-2H3,(H,18,20)(H,21,22). The maximum Gasteiger partial charge on any atom is 0.329 e. The highest BCUT2D eigenvalue weighted by Crippen LogP contribution is 2.23. The van der Waals surface area contributed by atoms with Gasteiger partial charge >= 0.3 is 5.97 Å². The first-order valence-corrected chi connectivity index (χ1v) is 9.94. The van der Waals surface area contributed by atoms with Gasteiger partial charge in [-0.05, 0) is 18.2 Å². The molecule has 1 aliphatic heterocycles. The molecule has 26 heavy (non-hydrogen) atoms. The van der Waals surface area contributed by atoms with Gasteiger partial charge in [0.05, 0.1) is 4.90 Å². The van der Waals surface area contributed by atoms with Gasteiger partial charge in [0, 0.05) is 44.7 Å². The number of rotatable bonds is 7. The molecule has 0 bridgehead atoms. The summed E-state index contributed by atoms with van der Waals surface area (Å²) >= 11 is 0. The molecular formula is C17H24N2O6S. The first kappa shape index (κ1) is 20.3. The molecule has 1 aromatic carbocycles. The minimum atomic E-state index is -3.70. The van der Waals surface area contributed by atoms with Crippen molar-refractivity contribution in [1.82, 2.24) is 9.62 Å². The van der Waals surface area contributed by atoms with Gasteiger partial charge in [0.1, 0.15) is 5.54 Å². The molecule has 1 fully saturated rings. The third-order valence-corrected chi connectivity index (χ3v) is 6.59. The average molecular weight is 384 g/mol. The van der Waals surface area contributed by atoms with Crippen molar-refractivity contribution in [2.24, 2.45) is 0 Å². The highest BCUT2D eigenvalue weighted by molar-refractivity contribution is 7.89. The second-order valence-electron chi connectivity index (χ2n) is 6.07. The van der Waals surface area contributed by atoms with Gasteiger partial charge < -0.3 is 15.2 Å². The number of carbonyl (C=O) groups is 2. The fourth-order valence-electron chi connectivity index (χ4n) is 2.91. The minimum absolute atomic E-state index is 0.00482. The summed E-state index contributed by atoms with van der Waals surface area (Å²) in [5, 5.41) is 12.1. The van der Waals surface area contributed by atoms with Crippen molar-refractivity contribution in [3.05, 3.63) is 29.8 Å². The van der Waals surface area contributed by atoms with Crippen LogP contribution in [0.4, 0.5) is 0 Å². The molecule has 1 saturated heterocycles. The molecule has 9 heteroatoms. The van der Waals surface area contributed by atoms with E-state index in [1.807, 2.05) is 0 Å². The lowest BCUT2D eigenvalue weighted by Crippen LogP contribution is -2.57. The van der Waals surface area contributed by atoms with Crippen molar-refractivity contribution in [3.8, 4) is 0 Å². The lowest BCUT2D eigenvalue weighted by Gasteiger charge is -2.33. The molecule has 0 spiro atoms. The zero-order chi connectivity index (χ0) is 19.4. The molecule has 1 amide bonds. The van der Waals surface area contributed by atoms with Crippen molar-refractivity contribution in [2.75, 3.05) is 26.3 Å². The van der Waals surface area contributed by atoms with Crippen molar-refractivity contribution < 1.29 is 27.9 Å². The van der Waals surface area contributed by atoms with Crippen LogP contribution in [-0.2, 0) is 19.6 Å². The number of ether oxygens (including phenoxy) is 1. The van der Waals surface area contributed by atoms with E-state index < -0.39 is 27.4 Å². The van der Waals surface area contributed by atoms with Crippen LogP contribution >= 0.6 is 0 Å². The van der Waals surface area contributed by atoms with Gasteiger partial charge in [0.25, 0.3) is 5.91 Å². The Morgan fingerprint density at radius 2 is 1.85 bits per heavy atom. The van der Waals surface area contributed by atoms with Gasteiger partial charge in [-0.1, -0.05) is 19.9 Å². The van der Waals surface area contributed by atoms with Crippen LogP contribution in [0, 0.1) is 0 Å². The fourth-order valence-corrected chi connectivity index (χ4v) is 4.42. The Balaban J connectivity index is 2.29. The Morgan fingerprint density at radius 1 is 1.23 bits per heavy atom. The van der Waals surface area contributed by atoms with Crippen LogP contribution in [0.2, 0.25) is 0 Å². The number of aliphatic carboxylic acids is 1. The Morgan fingerprint density at radius 3 is 2.38 bits per heavy atom. The van der Waals surface area contributed by atoms with Gasteiger partial charge in [-0.25, -0.2) is 13.2 Å². The maximum absolute atomic E-state index is 12.6. The zero-order valence-electron chi connectivity index (χ0n) is 14.9. The second kappa shape index (κ2) is 8.15. The van der Waals surface area contributed by atoms with Crippen molar-refractivity contribution >= 4 is 21.9 Å². The first-order chi connectivity index (χ1) is 12.3. The Hall–Kier alpha value is -1.97. The monoisotopic (exact) mass is 384 g/mol. The predicted molar refractivity (Wildman–Crippen MR) is 94.4 cm³/mol. The molecule has 0 aromatic heterocycles. The molecule has 0 saturated carbocycles. The third kappa shape index (κ3) is 4.05. The molecule has 0 radical (unpaired) electrons. The minimum Gasteiger partial charge on any atom is -0.480 e. The van der Waals surface area contributed by atoms with E-state index in [9.17, 15) is 23.1 Å². The summed E-state index contributed by atoms with van der Waals surface area (Å²) in [6.07, 6.45) is 0.316. The lowest BCUT2D eigenvalue weighted by molar-refractivity contribution is -0.148. The lowest BCUT2D eigenvalue weighted by atomic mass is 9.89. The molecule has 1 aromatic rings. The highest BCUT2D eigenvalue weighted by atomic mass is 32.2. The van der Waals surface area contributed by atoms with Gasteiger partial charge in [-0.3, -0.25) is 4.79 Å². The fraction of sp³-hybridized carbons (Fsp3) is 0.529. The predicted octanol–water partition coefficient (Wildman–Crippen LogP) is 1.08. The molecule has 8 nitrogen and oxygen atoms in total. The zero-order valence-corrected chi connectivity index (χ0v) is 15.7. The molecule has 1 aliphatic rings. The number of hydrogen-bond acceptors (Lipinski definition) is 5. The van der Waals surface area contributed by atoms with Gasteiger partial charge in [-0.2, -0.15) is 4.31 Å². The summed E-state index contributed by atoms with van der Waals surface area (Å²) in [4.78, 5) is 24.3. The van der Waals surface area contributed by atoms with Crippen molar-refractivity contribution in [2.45, 2.75) is 37.1 Å². The van der Waals surface area contributed by atoms with Crippen LogP contribution in [0.15, 0.2) is 29.2 Å². The molecule has 144 valence electrons. The van der Waals surface area contributed by atoms with Gasteiger partial charge in [0.15, 0.2) is 0 Å². The molecule has 0 atom stereocenters. The number of amides is 1. The summed E-state index contributed by atoms with van der Waals surface area (Å²) in [5.74, 6) is -1.74. The number of carboxylic acids is 1.